The number of piperidine rings is 1. The van der Waals surface area contributed by atoms with E-state index in [1.807, 2.05) is 29.2 Å². The number of ether oxygens (including phenoxy) is 2. The second-order valence-corrected chi connectivity index (χ2v) is 13.0. The molecule has 51 heavy (non-hydrogen) atoms. The lowest BCUT2D eigenvalue weighted by Gasteiger charge is -2.31. The number of methoxy groups -OCH3 is 2. The number of carbonyl (C=O) groups is 2. The summed E-state index contributed by atoms with van der Waals surface area (Å²) < 4.78 is 27.2. The van der Waals surface area contributed by atoms with Crippen LogP contribution in [-0.4, -0.2) is 77.6 Å². The van der Waals surface area contributed by atoms with Gasteiger partial charge in [-0.3, -0.25) is 14.6 Å². The standard InChI is InChI=1S/C37H42ClFN8O4/c1-22(48)47-17-13-25(14-18-47)43-20-23-11-15-42-36(33(23)39)45-30-6-4-5-28(35(30)50-2)34-32(38)27(12-16-41-34)29-9-7-24(37(46-29)51-3)19-40-21-26-8-10-31(49)44-26/h4-7,9,11-12,15-16,25-26,40,43H,8,10,13-14,17-21H2,1-3H3,(H,42,45)(H,44,49)/t26-/m0/s1. The molecule has 12 nitrogen and oxygen atoms in total. The number of anilines is 2. The highest BCUT2D eigenvalue weighted by molar-refractivity contribution is 6.35. The third-order valence-electron chi connectivity index (χ3n) is 9.31. The molecule has 2 aliphatic heterocycles. The van der Waals surface area contributed by atoms with E-state index in [-0.39, 0.29) is 29.7 Å². The van der Waals surface area contributed by atoms with Gasteiger partial charge in [0.25, 0.3) is 0 Å². The van der Waals surface area contributed by atoms with Gasteiger partial charge in [0.2, 0.25) is 17.7 Å². The zero-order valence-corrected chi connectivity index (χ0v) is 29.6. The van der Waals surface area contributed by atoms with Crippen molar-refractivity contribution < 1.29 is 23.5 Å². The molecule has 2 saturated heterocycles. The zero-order chi connectivity index (χ0) is 35.9. The van der Waals surface area contributed by atoms with Crippen molar-refractivity contribution >= 4 is 34.9 Å². The third-order valence-corrected chi connectivity index (χ3v) is 9.69. The molecule has 4 N–H and O–H groups in total. The molecule has 0 aliphatic carbocycles. The number of nitrogens with one attached hydrogen (secondary N) is 4. The maximum atomic E-state index is 15.8. The SMILES string of the molecule is COc1nc(-c2ccnc(-c3cccc(Nc4nccc(CNC5CCN(C(C)=O)CC5)c4F)c3OC)c2Cl)ccc1CNC[C@@H]1CCC(=O)N1. The van der Waals surface area contributed by atoms with Crippen molar-refractivity contribution in [3.8, 4) is 34.1 Å². The molecule has 1 aromatic carbocycles. The fraction of sp³-hybridized carbons (Fsp3) is 0.378. The van der Waals surface area contributed by atoms with E-state index in [1.165, 1.54) is 7.11 Å². The Hall–Kier alpha value is -4.85. The molecule has 268 valence electrons. The number of pyridine rings is 3. The Labute approximate surface area is 301 Å². The molecule has 5 heterocycles. The van der Waals surface area contributed by atoms with E-state index in [9.17, 15) is 9.59 Å². The molecule has 4 aromatic rings. The van der Waals surface area contributed by atoms with Gasteiger partial charge in [0.1, 0.15) is 0 Å². The number of rotatable bonds is 13. The Bertz CT molecular complexity index is 1890. The number of carbonyl (C=O) groups excluding carboxylic acids is 2. The van der Waals surface area contributed by atoms with Crippen LogP contribution in [0, 0.1) is 5.82 Å². The highest BCUT2D eigenvalue weighted by Crippen LogP contribution is 2.42. The molecule has 0 unspecified atom stereocenters. The molecule has 1 atom stereocenters. The minimum atomic E-state index is -0.472. The lowest BCUT2D eigenvalue weighted by atomic mass is 10.0. The van der Waals surface area contributed by atoms with Crippen LogP contribution < -0.4 is 30.7 Å². The van der Waals surface area contributed by atoms with E-state index < -0.39 is 5.82 Å². The first-order chi connectivity index (χ1) is 24.7. The summed E-state index contributed by atoms with van der Waals surface area (Å²) in [6, 6.07) is 13.0. The second-order valence-electron chi connectivity index (χ2n) is 12.6. The van der Waals surface area contributed by atoms with Crippen molar-refractivity contribution in [3.05, 3.63) is 76.8 Å². The molecular formula is C37H42ClFN8O4. The van der Waals surface area contributed by atoms with Gasteiger partial charge in [-0.1, -0.05) is 23.7 Å². The van der Waals surface area contributed by atoms with E-state index in [2.05, 4.69) is 31.2 Å². The third kappa shape index (κ3) is 8.38. The number of hydrogen-bond acceptors (Lipinski definition) is 10. The summed E-state index contributed by atoms with van der Waals surface area (Å²) >= 11 is 7.03. The van der Waals surface area contributed by atoms with Crippen LogP contribution in [0.1, 0.15) is 43.7 Å². The van der Waals surface area contributed by atoms with Crippen molar-refractivity contribution in [2.24, 2.45) is 0 Å². The second kappa shape index (κ2) is 16.4. The highest BCUT2D eigenvalue weighted by Gasteiger charge is 2.23. The summed E-state index contributed by atoms with van der Waals surface area (Å²) in [7, 11) is 3.10. The smallest absolute Gasteiger partial charge is 0.220 e. The van der Waals surface area contributed by atoms with E-state index in [0.29, 0.717) is 89.6 Å². The van der Waals surface area contributed by atoms with Gasteiger partial charge in [0, 0.05) is 92.8 Å². The first-order valence-electron chi connectivity index (χ1n) is 17.0. The Morgan fingerprint density at radius 3 is 2.53 bits per heavy atom. The van der Waals surface area contributed by atoms with Gasteiger partial charge < -0.3 is 35.6 Å². The molecule has 2 fully saturated rings. The van der Waals surface area contributed by atoms with E-state index in [0.717, 1.165) is 24.8 Å². The molecule has 3 aromatic heterocycles. The average molecular weight is 717 g/mol. The van der Waals surface area contributed by atoms with Crippen LogP contribution in [0.15, 0.2) is 54.9 Å². The molecule has 0 bridgehead atoms. The number of amides is 2. The number of para-hydroxylation sites is 1. The first-order valence-corrected chi connectivity index (χ1v) is 17.4. The predicted molar refractivity (Wildman–Crippen MR) is 193 cm³/mol. The van der Waals surface area contributed by atoms with Crippen molar-refractivity contribution in [2.45, 2.75) is 57.8 Å². The molecule has 0 saturated carbocycles. The van der Waals surface area contributed by atoms with Gasteiger partial charge in [-0.15, -0.1) is 0 Å². The predicted octanol–water partition coefficient (Wildman–Crippen LogP) is 5.23. The van der Waals surface area contributed by atoms with E-state index in [1.54, 1.807) is 44.6 Å². The van der Waals surface area contributed by atoms with Crippen LogP contribution >= 0.6 is 11.6 Å². The van der Waals surface area contributed by atoms with Gasteiger partial charge in [-0.05, 0) is 49.6 Å². The summed E-state index contributed by atoms with van der Waals surface area (Å²) in [6.45, 7) is 4.46. The summed E-state index contributed by atoms with van der Waals surface area (Å²) in [5.74, 6) is 0.620. The number of nitrogens with zero attached hydrogens (tertiary/aromatic N) is 4. The highest BCUT2D eigenvalue weighted by atomic mass is 35.5. The molecule has 2 aliphatic rings. The lowest BCUT2D eigenvalue weighted by Crippen LogP contribution is -2.44. The maximum Gasteiger partial charge on any atom is 0.220 e. The largest absolute Gasteiger partial charge is 0.494 e. The van der Waals surface area contributed by atoms with E-state index >= 15 is 4.39 Å². The molecule has 2 amide bonds. The normalized spacial score (nSPS) is 16.2. The number of benzene rings is 1. The van der Waals surface area contributed by atoms with Crippen LogP contribution in [0.3, 0.4) is 0 Å². The van der Waals surface area contributed by atoms with Crippen LogP contribution in [0.5, 0.6) is 11.6 Å². The first kappa shape index (κ1) is 36.0. The minimum absolute atomic E-state index is 0.0582. The van der Waals surface area contributed by atoms with Gasteiger partial charge in [-0.25, -0.2) is 14.4 Å². The van der Waals surface area contributed by atoms with Gasteiger partial charge in [0.05, 0.1) is 36.3 Å². The number of aromatic nitrogens is 3. The van der Waals surface area contributed by atoms with Crippen molar-refractivity contribution in [3.63, 3.8) is 0 Å². The minimum Gasteiger partial charge on any atom is -0.494 e. The fourth-order valence-electron chi connectivity index (χ4n) is 6.50. The number of likely N-dealkylation sites (tertiary alicyclic amines) is 1. The van der Waals surface area contributed by atoms with Gasteiger partial charge in [-0.2, -0.15) is 0 Å². The van der Waals surface area contributed by atoms with Crippen molar-refractivity contribution in [1.29, 1.82) is 0 Å². The summed E-state index contributed by atoms with van der Waals surface area (Å²) in [4.78, 5) is 38.6. The van der Waals surface area contributed by atoms with Crippen LogP contribution in [0.2, 0.25) is 5.02 Å². The molecular weight excluding hydrogens is 675 g/mol. The monoisotopic (exact) mass is 716 g/mol. The van der Waals surface area contributed by atoms with Gasteiger partial charge >= 0.3 is 0 Å². The maximum absolute atomic E-state index is 15.8. The Balaban J connectivity index is 1.18. The quantitative estimate of drug-likeness (QED) is 0.145. The number of halogens is 2. The van der Waals surface area contributed by atoms with Crippen LogP contribution in [0.25, 0.3) is 22.5 Å². The Morgan fingerprint density at radius 2 is 1.80 bits per heavy atom. The Morgan fingerprint density at radius 1 is 1.00 bits per heavy atom. The number of hydrogen-bond donors (Lipinski definition) is 4. The van der Waals surface area contributed by atoms with Gasteiger partial charge in [0.15, 0.2) is 17.4 Å². The fourth-order valence-corrected chi connectivity index (χ4v) is 6.81. The summed E-state index contributed by atoms with van der Waals surface area (Å²) in [5, 5.41) is 13.2. The molecule has 0 radical (unpaired) electrons. The van der Waals surface area contributed by atoms with Crippen molar-refractivity contribution in [2.75, 3.05) is 39.2 Å². The summed E-state index contributed by atoms with van der Waals surface area (Å²) in [5.41, 5.74) is 4.13. The molecule has 0 spiro atoms. The Kier molecular flexibility index (Phi) is 11.6. The summed E-state index contributed by atoms with van der Waals surface area (Å²) in [6.07, 6.45) is 6.22. The lowest BCUT2D eigenvalue weighted by molar-refractivity contribution is -0.130. The average Bonchev–Trinajstić information content (AvgIpc) is 3.56. The molecule has 14 heteroatoms. The molecule has 6 rings (SSSR count). The van der Waals surface area contributed by atoms with Crippen LogP contribution in [-0.2, 0) is 22.7 Å². The zero-order valence-electron chi connectivity index (χ0n) is 28.9. The van der Waals surface area contributed by atoms with Crippen molar-refractivity contribution in [1.82, 2.24) is 35.8 Å². The topological polar surface area (TPSA) is 143 Å². The van der Waals surface area contributed by atoms with Crippen LogP contribution in [0.4, 0.5) is 15.9 Å². The van der Waals surface area contributed by atoms with E-state index in [4.69, 9.17) is 26.1 Å².